The first kappa shape index (κ1) is 12.9. The molecule has 0 radical (unpaired) electrons. The van der Waals surface area contributed by atoms with E-state index >= 15 is 0 Å². The Morgan fingerprint density at radius 1 is 1.47 bits per heavy atom. The molecule has 2 atom stereocenters. The molecule has 1 unspecified atom stereocenters. The van der Waals surface area contributed by atoms with Crippen LogP contribution in [0.25, 0.3) is 0 Å². The van der Waals surface area contributed by atoms with Gasteiger partial charge in [-0.15, -0.1) is 0 Å². The number of ether oxygens (including phenoxy) is 1. The van der Waals surface area contributed by atoms with Gasteiger partial charge in [0.2, 0.25) is 0 Å². The van der Waals surface area contributed by atoms with Crippen LogP contribution in [0.4, 0.5) is 0 Å². The van der Waals surface area contributed by atoms with Crippen LogP contribution in [-0.4, -0.2) is 13.2 Å². The number of halogens is 1. The first-order valence-electron chi connectivity index (χ1n) is 6.45. The summed E-state index contributed by atoms with van der Waals surface area (Å²) in [5, 5.41) is 0.848. The number of methoxy groups -OCH3 is 1. The fourth-order valence-corrected chi connectivity index (χ4v) is 3.48. The van der Waals surface area contributed by atoms with Gasteiger partial charge in [-0.1, -0.05) is 24.6 Å². The highest BCUT2D eigenvalue weighted by Crippen LogP contribution is 2.44. The van der Waals surface area contributed by atoms with E-state index in [4.69, 9.17) is 16.3 Å². The maximum atomic E-state index is 6.10. The van der Waals surface area contributed by atoms with Crippen molar-refractivity contribution in [1.29, 1.82) is 0 Å². The molecule has 0 heterocycles. The second kappa shape index (κ2) is 4.99. The van der Waals surface area contributed by atoms with Crippen LogP contribution in [0.15, 0.2) is 18.2 Å². The monoisotopic (exact) mass is 252 g/mol. The van der Waals surface area contributed by atoms with Crippen molar-refractivity contribution in [3.8, 4) is 0 Å². The van der Waals surface area contributed by atoms with Crippen LogP contribution in [0.5, 0.6) is 0 Å². The molecule has 0 aliphatic heterocycles. The largest absolute Gasteiger partial charge is 0.381 e. The molecule has 2 heteroatoms. The number of aryl methyl sites for hydroxylation is 1. The number of benzene rings is 1. The molecule has 17 heavy (non-hydrogen) atoms. The van der Waals surface area contributed by atoms with Crippen LogP contribution in [-0.2, 0) is 16.6 Å². The van der Waals surface area contributed by atoms with Gasteiger partial charge in [-0.2, -0.15) is 0 Å². The summed E-state index contributed by atoms with van der Waals surface area (Å²) in [6.07, 6.45) is 4.97. The quantitative estimate of drug-likeness (QED) is 0.777. The number of hydrogen-bond donors (Lipinski definition) is 0. The van der Waals surface area contributed by atoms with Gasteiger partial charge in [-0.25, -0.2) is 0 Å². The van der Waals surface area contributed by atoms with Gasteiger partial charge in [0.25, 0.3) is 0 Å². The average Bonchev–Trinajstić information content (AvgIpc) is 2.36. The van der Waals surface area contributed by atoms with Crippen molar-refractivity contribution < 1.29 is 4.74 Å². The highest BCUT2D eigenvalue weighted by Gasteiger charge is 2.39. The zero-order valence-corrected chi connectivity index (χ0v) is 11.7. The van der Waals surface area contributed by atoms with Crippen LogP contribution in [0.1, 0.15) is 44.2 Å². The standard InChI is InChI=1S/C15H21ClO/c1-4-15(11(2)17-3)9-5-6-12-10-13(16)7-8-14(12)15/h7-8,10-11H,4-6,9H2,1-3H3/t11?,15-/m0/s1. The number of rotatable bonds is 3. The van der Waals surface area contributed by atoms with Crippen molar-refractivity contribution in [3.05, 3.63) is 34.3 Å². The topological polar surface area (TPSA) is 9.23 Å². The Kier molecular flexibility index (Phi) is 3.79. The summed E-state index contributed by atoms with van der Waals surface area (Å²) < 4.78 is 5.64. The van der Waals surface area contributed by atoms with Crippen LogP contribution >= 0.6 is 11.6 Å². The fraction of sp³-hybridized carbons (Fsp3) is 0.600. The van der Waals surface area contributed by atoms with E-state index in [1.54, 1.807) is 0 Å². The van der Waals surface area contributed by atoms with Crippen LogP contribution in [0.2, 0.25) is 5.02 Å². The Morgan fingerprint density at radius 2 is 2.24 bits per heavy atom. The summed E-state index contributed by atoms with van der Waals surface area (Å²) in [7, 11) is 1.81. The van der Waals surface area contributed by atoms with E-state index in [2.05, 4.69) is 26.0 Å². The van der Waals surface area contributed by atoms with E-state index in [-0.39, 0.29) is 11.5 Å². The van der Waals surface area contributed by atoms with Gasteiger partial charge in [-0.3, -0.25) is 0 Å². The maximum Gasteiger partial charge on any atom is 0.0639 e. The Balaban J connectivity index is 2.51. The molecule has 0 saturated heterocycles. The minimum absolute atomic E-state index is 0.174. The van der Waals surface area contributed by atoms with Gasteiger partial charge in [0, 0.05) is 17.5 Å². The molecule has 1 aliphatic rings. The molecule has 1 aromatic rings. The highest BCUT2D eigenvalue weighted by molar-refractivity contribution is 6.30. The SMILES string of the molecule is CC[C@@]1(C(C)OC)CCCc2cc(Cl)ccc21. The van der Waals surface area contributed by atoms with Crippen molar-refractivity contribution in [2.45, 2.75) is 51.0 Å². The Hall–Kier alpha value is -0.530. The van der Waals surface area contributed by atoms with E-state index in [0.29, 0.717) is 0 Å². The van der Waals surface area contributed by atoms with Gasteiger partial charge in [0.05, 0.1) is 6.10 Å². The molecule has 0 amide bonds. The van der Waals surface area contributed by atoms with E-state index < -0.39 is 0 Å². The van der Waals surface area contributed by atoms with Crippen molar-refractivity contribution in [2.75, 3.05) is 7.11 Å². The third-order valence-electron chi connectivity index (χ3n) is 4.44. The minimum Gasteiger partial charge on any atom is -0.381 e. The van der Waals surface area contributed by atoms with E-state index in [0.717, 1.165) is 17.9 Å². The summed E-state index contributed by atoms with van der Waals surface area (Å²) >= 11 is 6.10. The first-order valence-corrected chi connectivity index (χ1v) is 6.83. The zero-order valence-electron chi connectivity index (χ0n) is 10.9. The smallest absolute Gasteiger partial charge is 0.0639 e. The molecule has 0 saturated carbocycles. The molecular weight excluding hydrogens is 232 g/mol. The Morgan fingerprint density at radius 3 is 2.88 bits per heavy atom. The van der Waals surface area contributed by atoms with Crippen molar-refractivity contribution in [3.63, 3.8) is 0 Å². The minimum atomic E-state index is 0.174. The van der Waals surface area contributed by atoms with Gasteiger partial charge in [0.1, 0.15) is 0 Å². The lowest BCUT2D eigenvalue weighted by Gasteiger charge is -2.42. The van der Waals surface area contributed by atoms with Gasteiger partial charge in [0.15, 0.2) is 0 Å². The maximum absolute atomic E-state index is 6.10. The molecular formula is C15H21ClO. The fourth-order valence-electron chi connectivity index (χ4n) is 3.29. The lowest BCUT2D eigenvalue weighted by molar-refractivity contribution is 0.0337. The van der Waals surface area contributed by atoms with Crippen LogP contribution < -0.4 is 0 Å². The summed E-state index contributed by atoms with van der Waals surface area (Å²) in [6, 6.07) is 6.34. The summed E-state index contributed by atoms with van der Waals surface area (Å²) in [6.45, 7) is 4.45. The molecule has 0 aromatic heterocycles. The average molecular weight is 253 g/mol. The second-order valence-electron chi connectivity index (χ2n) is 5.04. The predicted molar refractivity (Wildman–Crippen MR) is 72.8 cm³/mol. The second-order valence-corrected chi connectivity index (χ2v) is 5.48. The first-order chi connectivity index (χ1) is 8.14. The van der Waals surface area contributed by atoms with E-state index in [9.17, 15) is 0 Å². The molecule has 1 nitrogen and oxygen atoms in total. The summed E-state index contributed by atoms with van der Waals surface area (Å²) in [4.78, 5) is 0. The number of hydrogen-bond acceptors (Lipinski definition) is 1. The van der Waals surface area contributed by atoms with Crippen LogP contribution in [0.3, 0.4) is 0 Å². The molecule has 0 fully saturated rings. The highest BCUT2D eigenvalue weighted by atomic mass is 35.5. The van der Waals surface area contributed by atoms with E-state index in [1.807, 2.05) is 13.2 Å². The molecule has 0 spiro atoms. The molecule has 0 bridgehead atoms. The van der Waals surface area contributed by atoms with E-state index in [1.165, 1.54) is 24.0 Å². The molecule has 0 N–H and O–H groups in total. The molecule has 1 aromatic carbocycles. The molecule has 2 rings (SSSR count). The Bertz CT molecular complexity index is 402. The van der Waals surface area contributed by atoms with Gasteiger partial charge in [-0.05, 0) is 55.9 Å². The lowest BCUT2D eigenvalue weighted by atomic mass is 9.65. The van der Waals surface area contributed by atoms with Crippen LogP contribution in [0, 0.1) is 0 Å². The lowest BCUT2D eigenvalue weighted by Crippen LogP contribution is -2.41. The van der Waals surface area contributed by atoms with Crippen molar-refractivity contribution in [2.24, 2.45) is 0 Å². The molecule has 1 aliphatic carbocycles. The predicted octanol–water partition coefficient (Wildman–Crippen LogP) is 4.36. The zero-order chi connectivity index (χ0) is 12.5. The third kappa shape index (κ3) is 2.11. The summed E-state index contributed by atoms with van der Waals surface area (Å²) in [5.41, 5.74) is 3.03. The normalized spacial score (nSPS) is 25.4. The summed E-state index contributed by atoms with van der Waals surface area (Å²) in [5.74, 6) is 0. The third-order valence-corrected chi connectivity index (χ3v) is 4.67. The number of fused-ring (bicyclic) bond motifs is 1. The van der Waals surface area contributed by atoms with Gasteiger partial charge >= 0.3 is 0 Å². The van der Waals surface area contributed by atoms with Crippen molar-refractivity contribution in [1.82, 2.24) is 0 Å². The van der Waals surface area contributed by atoms with Gasteiger partial charge < -0.3 is 4.74 Å². The Labute approximate surface area is 109 Å². The van der Waals surface area contributed by atoms with Crippen molar-refractivity contribution >= 4 is 11.6 Å². The molecule has 94 valence electrons.